The second-order valence-corrected chi connectivity index (χ2v) is 6.67. The third-order valence-electron chi connectivity index (χ3n) is 3.62. The van der Waals surface area contributed by atoms with Crippen LogP contribution in [-0.2, 0) is 4.79 Å². The summed E-state index contributed by atoms with van der Waals surface area (Å²) in [6.45, 7) is 4.96. The van der Waals surface area contributed by atoms with Crippen LogP contribution in [0.25, 0.3) is 6.08 Å². The zero-order valence-corrected chi connectivity index (χ0v) is 15.6. The minimum absolute atomic E-state index is 0.0217. The number of anilines is 1. The molecule has 2 aromatic carbocycles. The van der Waals surface area contributed by atoms with Crippen molar-refractivity contribution in [2.24, 2.45) is 5.92 Å². The molecule has 0 atom stereocenters. The highest BCUT2D eigenvalue weighted by atomic mass is 35.5. The number of rotatable bonds is 7. The molecule has 134 valence electrons. The number of amides is 1. The van der Waals surface area contributed by atoms with Gasteiger partial charge in [-0.25, -0.2) is 0 Å². The van der Waals surface area contributed by atoms with Gasteiger partial charge in [0.1, 0.15) is 17.4 Å². The molecule has 0 fully saturated rings. The van der Waals surface area contributed by atoms with Crippen LogP contribution in [0.1, 0.15) is 25.8 Å². The van der Waals surface area contributed by atoms with Crippen molar-refractivity contribution >= 4 is 29.3 Å². The maximum absolute atomic E-state index is 12.2. The van der Waals surface area contributed by atoms with Crippen molar-refractivity contribution < 1.29 is 9.53 Å². The fraction of sp³-hybridized carbons (Fsp3) is 0.238. The van der Waals surface area contributed by atoms with Gasteiger partial charge >= 0.3 is 0 Å². The van der Waals surface area contributed by atoms with Gasteiger partial charge in [0.2, 0.25) is 0 Å². The number of hydrogen-bond acceptors (Lipinski definition) is 3. The molecule has 0 aliphatic rings. The summed E-state index contributed by atoms with van der Waals surface area (Å²) in [4.78, 5) is 12.2. The first-order valence-corrected chi connectivity index (χ1v) is 8.77. The lowest BCUT2D eigenvalue weighted by atomic mass is 10.1. The Labute approximate surface area is 159 Å². The molecule has 1 amide bonds. The average molecular weight is 369 g/mol. The second-order valence-electron chi connectivity index (χ2n) is 6.23. The number of nitriles is 1. The molecule has 0 aromatic heterocycles. The molecule has 0 saturated carbocycles. The van der Waals surface area contributed by atoms with Crippen LogP contribution in [0, 0.1) is 17.2 Å². The first kappa shape index (κ1) is 19.6. The Morgan fingerprint density at radius 3 is 2.42 bits per heavy atom. The van der Waals surface area contributed by atoms with Crippen LogP contribution in [0.5, 0.6) is 5.75 Å². The summed E-state index contributed by atoms with van der Waals surface area (Å²) >= 11 is 5.82. The number of carbonyl (C=O) groups is 1. The zero-order valence-electron chi connectivity index (χ0n) is 14.8. The van der Waals surface area contributed by atoms with E-state index in [1.165, 1.54) is 0 Å². The van der Waals surface area contributed by atoms with Crippen LogP contribution < -0.4 is 10.1 Å². The van der Waals surface area contributed by atoms with Crippen molar-refractivity contribution in [2.75, 3.05) is 11.9 Å². The smallest absolute Gasteiger partial charge is 0.266 e. The van der Waals surface area contributed by atoms with Crippen molar-refractivity contribution in [1.82, 2.24) is 0 Å². The molecule has 5 heteroatoms. The third kappa shape index (κ3) is 6.27. The SMILES string of the molecule is CC(C)CCOc1ccc(C=C(C#N)C(=O)Nc2ccc(Cl)cc2)cc1. The molecule has 2 rings (SSSR count). The Hall–Kier alpha value is -2.77. The number of halogens is 1. The molecule has 4 nitrogen and oxygen atoms in total. The van der Waals surface area contributed by atoms with E-state index >= 15 is 0 Å². The van der Waals surface area contributed by atoms with Crippen LogP contribution in [0.15, 0.2) is 54.1 Å². The summed E-state index contributed by atoms with van der Waals surface area (Å²) in [5.74, 6) is 0.897. The number of benzene rings is 2. The van der Waals surface area contributed by atoms with Gasteiger partial charge < -0.3 is 10.1 Å². The largest absolute Gasteiger partial charge is 0.494 e. The molecule has 0 saturated heterocycles. The van der Waals surface area contributed by atoms with Gasteiger partial charge in [0.25, 0.3) is 5.91 Å². The highest BCUT2D eigenvalue weighted by Crippen LogP contribution is 2.17. The van der Waals surface area contributed by atoms with Crippen molar-refractivity contribution in [3.63, 3.8) is 0 Å². The predicted molar refractivity (Wildman–Crippen MR) is 105 cm³/mol. The molecule has 0 spiro atoms. The van der Waals surface area contributed by atoms with Gasteiger partial charge in [-0.1, -0.05) is 37.6 Å². The number of nitrogens with one attached hydrogen (secondary N) is 1. The van der Waals surface area contributed by atoms with Crippen molar-refractivity contribution in [3.05, 3.63) is 64.7 Å². The van der Waals surface area contributed by atoms with Gasteiger partial charge in [-0.2, -0.15) is 5.26 Å². The minimum atomic E-state index is -0.466. The minimum Gasteiger partial charge on any atom is -0.494 e. The molecule has 0 aliphatic heterocycles. The van der Waals surface area contributed by atoms with E-state index in [0.717, 1.165) is 17.7 Å². The van der Waals surface area contributed by atoms with Gasteiger partial charge in [0.15, 0.2) is 0 Å². The van der Waals surface area contributed by atoms with Crippen molar-refractivity contribution in [2.45, 2.75) is 20.3 Å². The maximum Gasteiger partial charge on any atom is 0.266 e. The lowest BCUT2D eigenvalue weighted by molar-refractivity contribution is -0.112. The number of carbonyl (C=O) groups excluding carboxylic acids is 1. The Morgan fingerprint density at radius 2 is 1.85 bits per heavy atom. The third-order valence-corrected chi connectivity index (χ3v) is 3.87. The quantitative estimate of drug-likeness (QED) is 0.532. The van der Waals surface area contributed by atoms with E-state index in [1.807, 2.05) is 30.3 Å². The Balaban J connectivity index is 2.02. The van der Waals surface area contributed by atoms with E-state index in [9.17, 15) is 10.1 Å². The van der Waals surface area contributed by atoms with Crippen molar-refractivity contribution in [3.8, 4) is 11.8 Å². The lowest BCUT2D eigenvalue weighted by Gasteiger charge is -2.08. The molecule has 0 bridgehead atoms. The molecule has 26 heavy (non-hydrogen) atoms. The maximum atomic E-state index is 12.2. The summed E-state index contributed by atoms with van der Waals surface area (Å²) in [5, 5.41) is 12.5. The normalized spacial score (nSPS) is 11.1. The van der Waals surface area contributed by atoms with Gasteiger partial charge in [0.05, 0.1) is 6.61 Å². The van der Waals surface area contributed by atoms with Gasteiger partial charge in [-0.15, -0.1) is 0 Å². The molecular formula is C21H21ClN2O2. The van der Waals surface area contributed by atoms with Crippen LogP contribution in [0.2, 0.25) is 5.02 Å². The molecule has 0 unspecified atom stereocenters. The summed E-state index contributed by atoms with van der Waals surface area (Å²) in [6.07, 6.45) is 2.54. The topological polar surface area (TPSA) is 62.1 Å². The van der Waals surface area contributed by atoms with Gasteiger partial charge in [-0.3, -0.25) is 4.79 Å². The molecule has 0 aliphatic carbocycles. The Bertz CT molecular complexity index is 803. The number of ether oxygens (including phenoxy) is 1. The highest BCUT2D eigenvalue weighted by Gasteiger charge is 2.09. The highest BCUT2D eigenvalue weighted by molar-refractivity contribution is 6.30. The fourth-order valence-electron chi connectivity index (χ4n) is 2.12. The van der Waals surface area contributed by atoms with E-state index in [4.69, 9.17) is 16.3 Å². The van der Waals surface area contributed by atoms with Crippen molar-refractivity contribution in [1.29, 1.82) is 5.26 Å². The van der Waals surface area contributed by atoms with Gasteiger partial charge in [0, 0.05) is 10.7 Å². The van der Waals surface area contributed by atoms with Crippen LogP contribution in [0.4, 0.5) is 5.69 Å². The summed E-state index contributed by atoms with van der Waals surface area (Å²) < 4.78 is 5.66. The number of hydrogen-bond donors (Lipinski definition) is 1. The molecular weight excluding hydrogens is 348 g/mol. The first-order valence-electron chi connectivity index (χ1n) is 8.39. The molecule has 0 radical (unpaired) electrons. The van der Waals surface area contributed by atoms with Crippen LogP contribution >= 0.6 is 11.6 Å². The summed E-state index contributed by atoms with van der Waals surface area (Å²) in [7, 11) is 0. The predicted octanol–water partition coefficient (Wildman–Crippen LogP) is 5.31. The summed E-state index contributed by atoms with van der Waals surface area (Å²) in [5.41, 5.74) is 1.35. The first-order chi connectivity index (χ1) is 12.5. The van der Waals surface area contributed by atoms with E-state index in [1.54, 1.807) is 30.3 Å². The molecule has 0 heterocycles. The summed E-state index contributed by atoms with van der Waals surface area (Å²) in [6, 6.07) is 15.9. The monoisotopic (exact) mass is 368 g/mol. The molecule has 2 aromatic rings. The zero-order chi connectivity index (χ0) is 18.9. The van der Waals surface area contributed by atoms with E-state index in [0.29, 0.717) is 23.2 Å². The standard InChI is InChI=1S/C21H21ClN2O2/c1-15(2)11-12-26-20-9-3-16(4-10-20)13-17(14-23)21(25)24-19-7-5-18(22)6-8-19/h3-10,13,15H,11-12H2,1-2H3,(H,24,25). The number of nitrogens with zero attached hydrogens (tertiary/aromatic N) is 1. The lowest BCUT2D eigenvalue weighted by Crippen LogP contribution is -2.13. The average Bonchev–Trinajstić information content (AvgIpc) is 2.62. The fourth-order valence-corrected chi connectivity index (χ4v) is 2.25. The van der Waals surface area contributed by atoms with E-state index in [-0.39, 0.29) is 5.57 Å². The Kier molecular flexibility index (Phi) is 7.25. The van der Waals surface area contributed by atoms with E-state index in [2.05, 4.69) is 19.2 Å². The van der Waals surface area contributed by atoms with E-state index < -0.39 is 5.91 Å². The van der Waals surface area contributed by atoms with Gasteiger partial charge in [-0.05, 0) is 60.4 Å². The van der Waals surface area contributed by atoms with Crippen LogP contribution in [-0.4, -0.2) is 12.5 Å². The van der Waals surface area contributed by atoms with Crippen LogP contribution in [0.3, 0.4) is 0 Å². The second kappa shape index (κ2) is 9.65. The molecule has 1 N–H and O–H groups in total. The Morgan fingerprint density at radius 1 is 1.19 bits per heavy atom.